The maximum Gasteiger partial charge on any atom is 0.218 e. The Labute approximate surface area is 98.3 Å². The number of aromatic nitrogens is 1. The van der Waals surface area contributed by atoms with Gasteiger partial charge in [0.05, 0.1) is 13.2 Å². The van der Waals surface area contributed by atoms with Crippen LogP contribution in [0.4, 0.5) is 0 Å². The third kappa shape index (κ3) is 3.60. The second-order valence-electron chi connectivity index (χ2n) is 3.36. The van der Waals surface area contributed by atoms with Crippen molar-refractivity contribution in [1.29, 1.82) is 0 Å². The summed E-state index contributed by atoms with van der Waals surface area (Å²) in [6.07, 6.45) is -0.448. The summed E-state index contributed by atoms with van der Waals surface area (Å²) in [5, 5.41) is 22.9. The van der Waals surface area contributed by atoms with Crippen LogP contribution in [0.15, 0.2) is 23.4 Å². The standard InChI is InChI=1S/C10H14N4O3/c1-17-10-7(3-2-5-12-10)9(16)8(15)4-6-13-14-11/h2-3,5,8-9,15-16H,4,6H2,1H3. The van der Waals surface area contributed by atoms with Gasteiger partial charge in [0.25, 0.3) is 0 Å². The summed E-state index contributed by atoms with van der Waals surface area (Å²) >= 11 is 0. The van der Waals surface area contributed by atoms with Crippen LogP contribution in [0.25, 0.3) is 10.4 Å². The number of methoxy groups -OCH3 is 1. The highest BCUT2D eigenvalue weighted by Crippen LogP contribution is 2.25. The van der Waals surface area contributed by atoms with E-state index in [1.807, 2.05) is 0 Å². The van der Waals surface area contributed by atoms with Gasteiger partial charge < -0.3 is 14.9 Å². The fourth-order valence-corrected chi connectivity index (χ4v) is 1.40. The van der Waals surface area contributed by atoms with E-state index in [1.165, 1.54) is 13.3 Å². The maximum absolute atomic E-state index is 9.90. The van der Waals surface area contributed by atoms with E-state index >= 15 is 0 Å². The second-order valence-corrected chi connectivity index (χ2v) is 3.36. The summed E-state index contributed by atoms with van der Waals surface area (Å²) in [7, 11) is 1.44. The Morgan fingerprint density at radius 3 is 3.00 bits per heavy atom. The summed E-state index contributed by atoms with van der Waals surface area (Å²) in [6.45, 7) is 0.122. The molecule has 7 nitrogen and oxygen atoms in total. The molecule has 0 bridgehead atoms. The van der Waals surface area contributed by atoms with Crippen LogP contribution in [-0.2, 0) is 0 Å². The van der Waals surface area contributed by atoms with Gasteiger partial charge in [0.2, 0.25) is 5.88 Å². The summed E-state index contributed by atoms with van der Waals surface area (Å²) in [6, 6.07) is 3.26. The van der Waals surface area contributed by atoms with E-state index in [1.54, 1.807) is 12.1 Å². The van der Waals surface area contributed by atoms with Crippen molar-refractivity contribution in [2.24, 2.45) is 5.11 Å². The first-order chi connectivity index (χ1) is 8.20. The largest absolute Gasteiger partial charge is 0.481 e. The molecule has 0 fully saturated rings. The Hall–Kier alpha value is -1.82. The molecular weight excluding hydrogens is 224 g/mol. The van der Waals surface area contributed by atoms with Gasteiger partial charge in [0.1, 0.15) is 6.10 Å². The second kappa shape index (κ2) is 6.70. The smallest absolute Gasteiger partial charge is 0.218 e. The molecule has 2 N–H and O–H groups in total. The highest BCUT2D eigenvalue weighted by molar-refractivity contribution is 5.28. The van der Waals surface area contributed by atoms with Gasteiger partial charge in [-0.05, 0) is 24.1 Å². The maximum atomic E-state index is 9.90. The Balaban J connectivity index is 2.73. The average molecular weight is 238 g/mol. The molecule has 0 aliphatic rings. The van der Waals surface area contributed by atoms with E-state index in [-0.39, 0.29) is 18.8 Å². The fraction of sp³-hybridized carbons (Fsp3) is 0.500. The molecule has 1 aromatic heterocycles. The minimum atomic E-state index is -1.12. The average Bonchev–Trinajstić information content (AvgIpc) is 2.38. The zero-order chi connectivity index (χ0) is 12.7. The molecule has 0 saturated carbocycles. The molecule has 0 amide bonds. The molecule has 17 heavy (non-hydrogen) atoms. The minimum absolute atomic E-state index is 0.122. The third-order valence-corrected chi connectivity index (χ3v) is 2.27. The third-order valence-electron chi connectivity index (χ3n) is 2.27. The van der Waals surface area contributed by atoms with Crippen molar-refractivity contribution in [1.82, 2.24) is 4.98 Å². The molecule has 92 valence electrons. The lowest BCUT2D eigenvalue weighted by molar-refractivity contribution is 0.0134. The van der Waals surface area contributed by atoms with Crippen LogP contribution in [0.2, 0.25) is 0 Å². The first-order valence-electron chi connectivity index (χ1n) is 5.06. The minimum Gasteiger partial charge on any atom is -0.481 e. The van der Waals surface area contributed by atoms with Crippen molar-refractivity contribution < 1.29 is 14.9 Å². The molecular formula is C10H14N4O3. The lowest BCUT2D eigenvalue weighted by Gasteiger charge is -2.18. The van der Waals surface area contributed by atoms with Crippen molar-refractivity contribution in [3.8, 4) is 5.88 Å². The van der Waals surface area contributed by atoms with Gasteiger partial charge in [-0.25, -0.2) is 4.98 Å². The summed E-state index contributed by atoms with van der Waals surface area (Å²) in [5.41, 5.74) is 8.51. The highest BCUT2D eigenvalue weighted by Gasteiger charge is 2.21. The van der Waals surface area contributed by atoms with Gasteiger partial charge in [-0.15, -0.1) is 0 Å². The van der Waals surface area contributed by atoms with Gasteiger partial charge in [0, 0.05) is 23.2 Å². The van der Waals surface area contributed by atoms with Crippen molar-refractivity contribution in [3.05, 3.63) is 34.3 Å². The Morgan fingerprint density at radius 2 is 2.35 bits per heavy atom. The van der Waals surface area contributed by atoms with Crippen LogP contribution in [0.5, 0.6) is 5.88 Å². The summed E-state index contributed by atoms with van der Waals surface area (Å²) in [4.78, 5) is 6.49. The van der Waals surface area contributed by atoms with Gasteiger partial charge >= 0.3 is 0 Å². The van der Waals surface area contributed by atoms with E-state index in [0.29, 0.717) is 5.56 Å². The van der Waals surface area contributed by atoms with E-state index < -0.39 is 12.2 Å². The van der Waals surface area contributed by atoms with E-state index in [2.05, 4.69) is 15.0 Å². The Bertz CT molecular complexity index is 406. The van der Waals surface area contributed by atoms with Crippen molar-refractivity contribution in [2.45, 2.75) is 18.6 Å². The highest BCUT2D eigenvalue weighted by atomic mass is 16.5. The number of rotatable bonds is 6. The molecule has 0 aliphatic heterocycles. The number of azide groups is 1. The molecule has 0 saturated heterocycles. The van der Waals surface area contributed by atoms with Crippen molar-refractivity contribution >= 4 is 0 Å². The number of ether oxygens (including phenoxy) is 1. The van der Waals surface area contributed by atoms with E-state index in [4.69, 9.17) is 10.3 Å². The monoisotopic (exact) mass is 238 g/mol. The molecule has 7 heteroatoms. The number of hydrogen-bond donors (Lipinski definition) is 2. The predicted octanol–water partition coefficient (Wildman–Crippen LogP) is 1.18. The normalized spacial score (nSPS) is 13.6. The number of pyridine rings is 1. The van der Waals surface area contributed by atoms with Gasteiger partial charge in [-0.3, -0.25) is 0 Å². The van der Waals surface area contributed by atoms with Gasteiger partial charge in [-0.2, -0.15) is 0 Å². The van der Waals surface area contributed by atoms with Crippen LogP contribution in [0.3, 0.4) is 0 Å². The predicted molar refractivity (Wildman–Crippen MR) is 60.4 cm³/mol. The van der Waals surface area contributed by atoms with E-state index in [0.717, 1.165) is 0 Å². The van der Waals surface area contributed by atoms with Crippen LogP contribution < -0.4 is 4.74 Å². The number of hydrogen-bond acceptors (Lipinski definition) is 5. The van der Waals surface area contributed by atoms with Crippen LogP contribution in [0.1, 0.15) is 18.1 Å². The quantitative estimate of drug-likeness (QED) is 0.440. The van der Waals surface area contributed by atoms with Crippen LogP contribution in [0, 0.1) is 0 Å². The molecule has 1 aromatic rings. The number of nitrogens with zero attached hydrogens (tertiary/aromatic N) is 4. The molecule has 0 aromatic carbocycles. The molecule has 0 radical (unpaired) electrons. The molecule has 0 spiro atoms. The zero-order valence-electron chi connectivity index (χ0n) is 9.39. The Morgan fingerprint density at radius 1 is 1.59 bits per heavy atom. The van der Waals surface area contributed by atoms with Gasteiger partial charge in [-0.1, -0.05) is 5.11 Å². The topological polar surface area (TPSA) is 111 Å². The molecule has 1 rings (SSSR count). The van der Waals surface area contributed by atoms with E-state index in [9.17, 15) is 10.2 Å². The SMILES string of the molecule is COc1ncccc1C(O)C(O)CCN=[N+]=[N-]. The van der Waals surface area contributed by atoms with Crippen LogP contribution in [-0.4, -0.2) is 35.0 Å². The molecule has 1 heterocycles. The lowest BCUT2D eigenvalue weighted by atomic mass is 10.0. The number of aliphatic hydroxyl groups is 2. The lowest BCUT2D eigenvalue weighted by Crippen LogP contribution is -2.20. The molecule has 2 unspecified atom stereocenters. The van der Waals surface area contributed by atoms with Gasteiger partial charge in [0.15, 0.2) is 0 Å². The van der Waals surface area contributed by atoms with Crippen LogP contribution >= 0.6 is 0 Å². The zero-order valence-corrected chi connectivity index (χ0v) is 9.39. The molecule has 0 aliphatic carbocycles. The number of aliphatic hydroxyl groups excluding tert-OH is 2. The summed E-state index contributed by atoms with van der Waals surface area (Å²) < 4.78 is 4.98. The fourth-order valence-electron chi connectivity index (χ4n) is 1.40. The molecule has 2 atom stereocenters. The first kappa shape index (κ1) is 13.2. The first-order valence-corrected chi connectivity index (χ1v) is 5.06. The summed E-state index contributed by atoms with van der Waals surface area (Å²) in [5.74, 6) is 0.267. The van der Waals surface area contributed by atoms with Crippen molar-refractivity contribution in [2.75, 3.05) is 13.7 Å². The Kier molecular flexibility index (Phi) is 5.22. The van der Waals surface area contributed by atoms with Crippen molar-refractivity contribution in [3.63, 3.8) is 0 Å².